The third kappa shape index (κ3) is 4.13. The van der Waals surface area contributed by atoms with E-state index in [4.69, 9.17) is 11.6 Å². The molecule has 0 aliphatic rings. The Hall–Kier alpha value is -2.96. The molecule has 0 amide bonds. The van der Waals surface area contributed by atoms with Crippen molar-refractivity contribution < 1.29 is 8.42 Å². The number of aryl methyl sites for hydroxylation is 1. The summed E-state index contributed by atoms with van der Waals surface area (Å²) >= 11 is 6.46. The van der Waals surface area contributed by atoms with Crippen LogP contribution in [0.1, 0.15) is 24.1 Å². The van der Waals surface area contributed by atoms with Crippen LogP contribution in [0.3, 0.4) is 0 Å². The summed E-state index contributed by atoms with van der Waals surface area (Å²) in [5, 5.41) is 0.396. The summed E-state index contributed by atoms with van der Waals surface area (Å²) in [5.74, 6) is -1.13. The first-order valence-corrected chi connectivity index (χ1v) is 12.0. The Kier molecular flexibility index (Phi) is 5.94. The molecule has 158 valence electrons. The van der Waals surface area contributed by atoms with Crippen molar-refractivity contribution in [3.05, 3.63) is 105 Å². The van der Waals surface area contributed by atoms with Crippen molar-refractivity contribution in [1.29, 1.82) is 0 Å². The normalized spacial score (nSPS) is 12.7. The van der Waals surface area contributed by atoms with Crippen molar-refractivity contribution >= 4 is 32.5 Å². The second-order valence-corrected chi connectivity index (χ2v) is 9.65. The number of fused-ring (bicyclic) bond motifs is 1. The third-order valence-corrected chi connectivity index (χ3v) is 7.40. The number of rotatable bonds is 6. The molecule has 0 aliphatic carbocycles. The van der Waals surface area contributed by atoms with E-state index >= 15 is 0 Å². The van der Waals surface area contributed by atoms with E-state index in [0.717, 1.165) is 0 Å². The Labute approximate surface area is 185 Å². The van der Waals surface area contributed by atoms with Gasteiger partial charge in [0.05, 0.1) is 21.7 Å². The van der Waals surface area contributed by atoms with Gasteiger partial charge >= 0.3 is 0 Å². The Bertz CT molecular complexity index is 1400. The fraction of sp³-hybridized carbons (Fsp3) is 0.167. The molecule has 4 aromatic rings. The summed E-state index contributed by atoms with van der Waals surface area (Å²) in [5.41, 5.74) is 1.77. The molecule has 3 aromatic carbocycles. The topological polar surface area (TPSA) is 69.0 Å². The number of aromatic nitrogens is 2. The van der Waals surface area contributed by atoms with Crippen LogP contribution < -0.4 is 5.56 Å². The lowest BCUT2D eigenvalue weighted by Gasteiger charge is -2.20. The van der Waals surface area contributed by atoms with E-state index in [2.05, 4.69) is 4.98 Å². The van der Waals surface area contributed by atoms with Gasteiger partial charge in [-0.25, -0.2) is 13.4 Å². The van der Waals surface area contributed by atoms with Crippen LogP contribution in [0.25, 0.3) is 11.0 Å². The molecule has 5 nitrogen and oxygen atoms in total. The van der Waals surface area contributed by atoms with Gasteiger partial charge in [-0.2, -0.15) is 0 Å². The van der Waals surface area contributed by atoms with Gasteiger partial charge in [-0.1, -0.05) is 60.1 Å². The van der Waals surface area contributed by atoms with E-state index in [1.807, 2.05) is 31.2 Å². The zero-order valence-corrected chi connectivity index (χ0v) is 18.5. The Morgan fingerprint density at radius 2 is 1.58 bits per heavy atom. The van der Waals surface area contributed by atoms with Crippen molar-refractivity contribution in [1.82, 2.24) is 9.55 Å². The molecule has 0 saturated carbocycles. The smallest absolute Gasteiger partial charge is 0.273 e. The maximum atomic E-state index is 13.4. The molecule has 7 heteroatoms. The molecular weight excluding hydrogens is 432 g/mol. The second kappa shape index (κ2) is 8.65. The highest BCUT2D eigenvalue weighted by Gasteiger charge is 2.29. The quantitative estimate of drug-likeness (QED) is 0.426. The van der Waals surface area contributed by atoms with Gasteiger partial charge in [0, 0.05) is 17.5 Å². The van der Waals surface area contributed by atoms with Gasteiger partial charge in [0.25, 0.3) is 5.56 Å². The highest BCUT2D eigenvalue weighted by molar-refractivity contribution is 7.91. The second-order valence-electron chi connectivity index (χ2n) is 7.20. The highest BCUT2D eigenvalue weighted by atomic mass is 35.5. The summed E-state index contributed by atoms with van der Waals surface area (Å²) < 4.78 is 28.1. The third-order valence-electron chi connectivity index (χ3n) is 5.29. The Morgan fingerprint density at radius 1 is 0.935 bits per heavy atom. The van der Waals surface area contributed by atoms with Crippen LogP contribution in [0.15, 0.2) is 88.6 Å². The summed E-state index contributed by atoms with van der Waals surface area (Å²) in [4.78, 5) is 18.2. The first-order chi connectivity index (χ1) is 14.9. The van der Waals surface area contributed by atoms with Gasteiger partial charge in [0.15, 0.2) is 9.84 Å². The van der Waals surface area contributed by atoms with Gasteiger partial charge in [0.1, 0.15) is 5.69 Å². The number of hydrogen-bond donors (Lipinski definition) is 0. The molecule has 1 heterocycles. The van der Waals surface area contributed by atoms with Gasteiger partial charge < -0.3 is 4.57 Å². The molecule has 1 aromatic heterocycles. The summed E-state index contributed by atoms with van der Waals surface area (Å²) in [6, 6.07) is 22.6. The van der Waals surface area contributed by atoms with E-state index in [1.165, 1.54) is 0 Å². The fourth-order valence-electron chi connectivity index (χ4n) is 3.77. The van der Waals surface area contributed by atoms with E-state index in [0.29, 0.717) is 28.2 Å². The molecular formula is C24H21ClN2O3S. The van der Waals surface area contributed by atoms with E-state index < -0.39 is 15.8 Å². The van der Waals surface area contributed by atoms with Crippen LogP contribution in [0.4, 0.5) is 0 Å². The van der Waals surface area contributed by atoms with Crippen LogP contribution in [0.5, 0.6) is 0 Å². The lowest BCUT2D eigenvalue weighted by molar-refractivity contribution is 0.590. The van der Waals surface area contributed by atoms with E-state index in [9.17, 15) is 13.2 Å². The minimum Gasteiger partial charge on any atom is -0.305 e. The standard InChI is InChI=1S/C24H21ClN2O3S/c1-2-27-22-15-9-8-14-21(22)26-23(24(27)28)19(18-12-6-7-13-20(18)25)16-31(29,30)17-10-4-3-5-11-17/h3-15,19H,2,16H2,1H3. The van der Waals surface area contributed by atoms with Crippen molar-refractivity contribution in [3.63, 3.8) is 0 Å². The molecule has 0 bridgehead atoms. The molecule has 0 aliphatic heterocycles. The average Bonchev–Trinajstić information content (AvgIpc) is 2.78. The van der Waals surface area contributed by atoms with Crippen molar-refractivity contribution in [2.24, 2.45) is 0 Å². The zero-order chi connectivity index (χ0) is 22.0. The molecule has 1 unspecified atom stereocenters. The molecule has 0 saturated heterocycles. The molecule has 4 rings (SSSR count). The summed E-state index contributed by atoms with van der Waals surface area (Å²) in [6.45, 7) is 2.32. The first kappa shape index (κ1) is 21.3. The molecule has 0 N–H and O–H groups in total. The van der Waals surface area contributed by atoms with Crippen LogP contribution in [0, 0.1) is 0 Å². The van der Waals surface area contributed by atoms with Crippen LogP contribution in [-0.2, 0) is 16.4 Å². The number of hydrogen-bond acceptors (Lipinski definition) is 4. The number of nitrogens with zero attached hydrogens (tertiary/aromatic N) is 2. The Morgan fingerprint density at radius 3 is 2.29 bits per heavy atom. The number of para-hydroxylation sites is 2. The van der Waals surface area contributed by atoms with E-state index in [-0.39, 0.29) is 21.9 Å². The monoisotopic (exact) mass is 452 g/mol. The lowest BCUT2D eigenvalue weighted by Crippen LogP contribution is -2.30. The van der Waals surface area contributed by atoms with Crippen LogP contribution in [0.2, 0.25) is 5.02 Å². The minimum atomic E-state index is -3.71. The van der Waals surface area contributed by atoms with Crippen molar-refractivity contribution in [3.8, 4) is 0 Å². The largest absolute Gasteiger partial charge is 0.305 e. The van der Waals surface area contributed by atoms with Gasteiger partial charge in [-0.05, 0) is 42.8 Å². The average molecular weight is 453 g/mol. The molecule has 0 fully saturated rings. The van der Waals surface area contributed by atoms with Crippen LogP contribution >= 0.6 is 11.6 Å². The maximum Gasteiger partial charge on any atom is 0.273 e. The van der Waals surface area contributed by atoms with Crippen LogP contribution in [-0.4, -0.2) is 23.7 Å². The predicted molar refractivity (Wildman–Crippen MR) is 123 cm³/mol. The first-order valence-electron chi connectivity index (χ1n) is 9.94. The summed E-state index contributed by atoms with van der Waals surface area (Å²) in [6.07, 6.45) is 0. The molecule has 31 heavy (non-hydrogen) atoms. The van der Waals surface area contributed by atoms with Gasteiger partial charge in [-0.3, -0.25) is 4.79 Å². The highest BCUT2D eigenvalue weighted by Crippen LogP contribution is 2.31. The van der Waals surface area contributed by atoms with Crippen molar-refractivity contribution in [2.75, 3.05) is 5.75 Å². The fourth-order valence-corrected chi connectivity index (χ4v) is 5.58. The molecule has 0 spiro atoms. The van der Waals surface area contributed by atoms with Gasteiger partial charge in [-0.15, -0.1) is 0 Å². The molecule has 0 radical (unpaired) electrons. The zero-order valence-electron chi connectivity index (χ0n) is 16.9. The lowest BCUT2D eigenvalue weighted by atomic mass is 9.97. The maximum absolute atomic E-state index is 13.4. The Balaban J connectivity index is 1.96. The molecule has 1 atom stereocenters. The number of benzene rings is 3. The minimum absolute atomic E-state index is 0.174. The van der Waals surface area contributed by atoms with E-state index in [1.54, 1.807) is 59.2 Å². The van der Waals surface area contributed by atoms with Crippen molar-refractivity contribution in [2.45, 2.75) is 24.3 Å². The summed E-state index contributed by atoms with van der Waals surface area (Å²) in [7, 11) is -3.71. The SMILES string of the molecule is CCn1c(=O)c(C(CS(=O)(=O)c2ccccc2)c2ccccc2Cl)nc2ccccc21. The number of sulfone groups is 1. The predicted octanol–water partition coefficient (Wildman–Crippen LogP) is 4.68. The van der Waals surface area contributed by atoms with Gasteiger partial charge in [0.2, 0.25) is 0 Å². The number of halogens is 1.